The van der Waals surface area contributed by atoms with Crippen LogP contribution in [0.25, 0.3) is 10.4 Å². The number of azide groups is 1. The number of carbonyl (C=O) groups excluding carboxylic acids is 1. The molecule has 1 rings (SSSR count). The van der Waals surface area contributed by atoms with E-state index in [-0.39, 0.29) is 13.2 Å². The Bertz CT molecular complexity index is 446. The number of nitrogens with zero attached hydrogens (tertiary/aromatic N) is 4. The Morgan fingerprint density at radius 3 is 3.17 bits per heavy atom. The first-order chi connectivity index (χ1) is 8.69. The van der Waals surface area contributed by atoms with Crippen molar-refractivity contribution < 1.29 is 9.53 Å². The highest BCUT2D eigenvalue weighted by molar-refractivity contribution is 7.16. The molecule has 0 radical (unpaired) electrons. The van der Waals surface area contributed by atoms with E-state index in [4.69, 9.17) is 21.9 Å². The summed E-state index contributed by atoms with van der Waals surface area (Å²) < 4.78 is 5.44. The third-order valence-electron chi connectivity index (χ3n) is 1.89. The van der Waals surface area contributed by atoms with E-state index in [0.29, 0.717) is 15.9 Å². The third kappa shape index (κ3) is 4.50. The van der Waals surface area contributed by atoms with Gasteiger partial charge in [-0.15, -0.1) is 11.3 Å². The Balaban J connectivity index is 2.68. The van der Waals surface area contributed by atoms with Crippen molar-refractivity contribution in [2.75, 3.05) is 19.7 Å². The maximum atomic E-state index is 11.8. The standard InChI is InChI=1S/C9H12ClN5O2S/c1-2-17-9(16)7(12-3-4-14-15-11)8-13-5-6(10)18-8/h5,7,12H,2-4H2,1H3. The van der Waals surface area contributed by atoms with Gasteiger partial charge in [0.25, 0.3) is 0 Å². The van der Waals surface area contributed by atoms with E-state index >= 15 is 0 Å². The SMILES string of the molecule is CCOC(=O)C(NCCN=[N+]=[N-])c1ncc(Cl)s1. The number of nitrogens with one attached hydrogen (secondary N) is 1. The van der Waals surface area contributed by atoms with Crippen molar-refractivity contribution in [3.8, 4) is 0 Å². The van der Waals surface area contributed by atoms with Gasteiger partial charge in [0.2, 0.25) is 0 Å². The number of thiazole rings is 1. The van der Waals surface area contributed by atoms with E-state index in [0.717, 1.165) is 0 Å². The summed E-state index contributed by atoms with van der Waals surface area (Å²) in [6.45, 7) is 2.60. The summed E-state index contributed by atoms with van der Waals surface area (Å²) in [5.41, 5.74) is 8.16. The fraction of sp³-hybridized carbons (Fsp3) is 0.556. The zero-order valence-electron chi connectivity index (χ0n) is 9.67. The van der Waals surface area contributed by atoms with E-state index in [1.807, 2.05) is 0 Å². The molecule has 0 fully saturated rings. The van der Waals surface area contributed by atoms with Crippen molar-refractivity contribution >= 4 is 28.9 Å². The number of halogens is 1. The molecule has 0 aromatic carbocycles. The molecule has 0 spiro atoms. The second-order valence-electron chi connectivity index (χ2n) is 3.10. The smallest absolute Gasteiger partial charge is 0.330 e. The minimum atomic E-state index is -0.684. The Morgan fingerprint density at radius 1 is 1.83 bits per heavy atom. The molecule has 1 N–H and O–H groups in total. The summed E-state index contributed by atoms with van der Waals surface area (Å²) in [5.74, 6) is -0.426. The van der Waals surface area contributed by atoms with Crippen molar-refractivity contribution in [3.63, 3.8) is 0 Å². The summed E-state index contributed by atoms with van der Waals surface area (Å²) in [4.78, 5) is 18.4. The normalized spacial score (nSPS) is 11.7. The number of aromatic nitrogens is 1. The van der Waals surface area contributed by atoms with Crippen molar-refractivity contribution in [1.82, 2.24) is 10.3 Å². The maximum absolute atomic E-state index is 11.8. The lowest BCUT2D eigenvalue weighted by atomic mass is 10.3. The molecule has 7 nitrogen and oxygen atoms in total. The maximum Gasteiger partial charge on any atom is 0.330 e. The number of ether oxygens (including phenoxy) is 1. The van der Waals surface area contributed by atoms with Crippen molar-refractivity contribution in [1.29, 1.82) is 0 Å². The number of carbonyl (C=O) groups is 1. The summed E-state index contributed by atoms with van der Waals surface area (Å²) in [6.07, 6.45) is 1.48. The van der Waals surface area contributed by atoms with Gasteiger partial charge in [0, 0.05) is 18.0 Å². The molecule has 18 heavy (non-hydrogen) atoms. The van der Waals surface area contributed by atoms with Gasteiger partial charge in [0.05, 0.1) is 12.8 Å². The van der Waals surface area contributed by atoms with Crippen LogP contribution in [-0.2, 0) is 9.53 Å². The molecule has 98 valence electrons. The van der Waals surface area contributed by atoms with Gasteiger partial charge in [-0.1, -0.05) is 16.7 Å². The Hall–Kier alpha value is -1.34. The monoisotopic (exact) mass is 289 g/mol. The lowest BCUT2D eigenvalue weighted by Crippen LogP contribution is -2.31. The highest BCUT2D eigenvalue weighted by Gasteiger charge is 2.24. The minimum Gasteiger partial charge on any atom is -0.465 e. The van der Waals surface area contributed by atoms with Crippen LogP contribution < -0.4 is 5.32 Å². The van der Waals surface area contributed by atoms with E-state index in [9.17, 15) is 4.79 Å². The van der Waals surface area contributed by atoms with Crippen LogP contribution in [0, 0.1) is 0 Å². The van der Waals surface area contributed by atoms with Crippen LogP contribution in [0.1, 0.15) is 18.0 Å². The van der Waals surface area contributed by atoms with Crippen LogP contribution >= 0.6 is 22.9 Å². The van der Waals surface area contributed by atoms with Gasteiger partial charge in [0.15, 0.2) is 6.04 Å². The Kier molecular flexibility index (Phi) is 6.45. The first-order valence-electron chi connectivity index (χ1n) is 5.21. The van der Waals surface area contributed by atoms with Crippen LogP contribution in [0.2, 0.25) is 4.34 Å². The predicted octanol–water partition coefficient (Wildman–Crippen LogP) is 2.30. The van der Waals surface area contributed by atoms with Gasteiger partial charge >= 0.3 is 5.97 Å². The third-order valence-corrected chi connectivity index (χ3v) is 3.07. The number of esters is 1. The summed E-state index contributed by atoms with van der Waals surface area (Å²) >= 11 is 6.98. The largest absolute Gasteiger partial charge is 0.465 e. The van der Waals surface area contributed by atoms with Crippen LogP contribution in [0.15, 0.2) is 11.3 Å². The van der Waals surface area contributed by atoms with Gasteiger partial charge < -0.3 is 4.74 Å². The Morgan fingerprint density at radius 2 is 2.61 bits per heavy atom. The molecule has 0 saturated carbocycles. The van der Waals surface area contributed by atoms with Gasteiger partial charge in [-0.2, -0.15) is 0 Å². The molecule has 0 bridgehead atoms. The molecule has 1 heterocycles. The molecule has 1 atom stereocenters. The summed E-state index contributed by atoms with van der Waals surface area (Å²) in [7, 11) is 0. The topological polar surface area (TPSA) is 100.0 Å². The summed E-state index contributed by atoms with van der Waals surface area (Å²) in [6, 6.07) is -0.684. The molecule has 1 aromatic rings. The number of hydrogen-bond acceptors (Lipinski definition) is 6. The first kappa shape index (κ1) is 14.7. The van der Waals surface area contributed by atoms with Gasteiger partial charge in [-0.25, -0.2) is 9.78 Å². The highest BCUT2D eigenvalue weighted by Crippen LogP contribution is 2.24. The number of hydrogen-bond donors (Lipinski definition) is 1. The van der Waals surface area contributed by atoms with E-state index < -0.39 is 12.0 Å². The van der Waals surface area contributed by atoms with Crippen molar-refractivity contribution in [2.45, 2.75) is 13.0 Å². The molecule has 1 aromatic heterocycles. The van der Waals surface area contributed by atoms with Gasteiger partial charge in [-0.05, 0) is 12.5 Å². The highest BCUT2D eigenvalue weighted by atomic mass is 35.5. The average Bonchev–Trinajstić information content (AvgIpc) is 2.76. The molecule has 0 aliphatic heterocycles. The zero-order valence-corrected chi connectivity index (χ0v) is 11.2. The Labute approximate surface area is 113 Å². The molecular formula is C9H12ClN5O2S. The molecule has 1 unspecified atom stereocenters. The quantitative estimate of drug-likeness (QED) is 0.274. The van der Waals surface area contributed by atoms with E-state index in [1.54, 1.807) is 6.92 Å². The van der Waals surface area contributed by atoms with Crippen molar-refractivity contribution in [3.05, 3.63) is 26.0 Å². The van der Waals surface area contributed by atoms with Gasteiger partial charge in [0.1, 0.15) is 9.34 Å². The summed E-state index contributed by atoms with van der Waals surface area (Å²) in [5, 5.41) is 6.82. The molecule has 0 saturated heterocycles. The lowest BCUT2D eigenvalue weighted by molar-refractivity contribution is -0.145. The minimum absolute atomic E-state index is 0.242. The molecule has 0 aliphatic rings. The van der Waals surface area contributed by atoms with Crippen LogP contribution in [0.3, 0.4) is 0 Å². The zero-order chi connectivity index (χ0) is 13.4. The second kappa shape index (κ2) is 7.88. The second-order valence-corrected chi connectivity index (χ2v) is 4.79. The van der Waals surface area contributed by atoms with Gasteiger partial charge in [-0.3, -0.25) is 5.32 Å². The van der Waals surface area contributed by atoms with Crippen LogP contribution in [0.4, 0.5) is 0 Å². The molecular weight excluding hydrogens is 278 g/mol. The van der Waals surface area contributed by atoms with Crippen LogP contribution in [0.5, 0.6) is 0 Å². The van der Waals surface area contributed by atoms with Crippen molar-refractivity contribution in [2.24, 2.45) is 5.11 Å². The van der Waals surface area contributed by atoms with Crippen LogP contribution in [-0.4, -0.2) is 30.6 Å². The fourth-order valence-corrected chi connectivity index (χ4v) is 2.20. The number of rotatable bonds is 7. The molecule has 0 aliphatic carbocycles. The molecule has 9 heteroatoms. The molecule has 0 amide bonds. The first-order valence-corrected chi connectivity index (χ1v) is 6.40. The van der Waals surface area contributed by atoms with E-state index in [2.05, 4.69) is 20.3 Å². The predicted molar refractivity (Wildman–Crippen MR) is 68.5 cm³/mol. The lowest BCUT2D eigenvalue weighted by Gasteiger charge is -2.14. The average molecular weight is 290 g/mol. The fourth-order valence-electron chi connectivity index (χ4n) is 1.20. The van der Waals surface area contributed by atoms with E-state index in [1.165, 1.54) is 17.5 Å².